The first-order valence-electron chi connectivity index (χ1n) is 10.1. The normalized spacial score (nSPS) is 24.9. The lowest BCUT2D eigenvalue weighted by Gasteiger charge is -2.37. The van der Waals surface area contributed by atoms with E-state index in [-0.39, 0.29) is 23.9 Å². The van der Waals surface area contributed by atoms with E-state index in [1.165, 1.54) is 0 Å². The van der Waals surface area contributed by atoms with Gasteiger partial charge in [0.15, 0.2) is 0 Å². The van der Waals surface area contributed by atoms with Crippen LogP contribution in [0.1, 0.15) is 49.2 Å². The van der Waals surface area contributed by atoms with Gasteiger partial charge in [0.25, 0.3) is 5.91 Å². The highest BCUT2D eigenvalue weighted by Crippen LogP contribution is 2.26. The average Bonchev–Trinajstić information content (AvgIpc) is 3.29. The van der Waals surface area contributed by atoms with Crippen LogP contribution < -0.4 is 10.6 Å². The summed E-state index contributed by atoms with van der Waals surface area (Å²) in [6, 6.07) is 0.207. The highest BCUT2D eigenvalue weighted by molar-refractivity contribution is 5.95. The summed E-state index contributed by atoms with van der Waals surface area (Å²) < 4.78 is 0. The molecule has 0 aromatic carbocycles. The molecule has 3 N–H and O–H groups in total. The summed E-state index contributed by atoms with van der Waals surface area (Å²) in [5.74, 6) is -0.0313. The van der Waals surface area contributed by atoms with Crippen LogP contribution in [0.3, 0.4) is 0 Å². The minimum absolute atomic E-state index is 0.0237. The molecular formula is C19H32N6O2. The van der Waals surface area contributed by atoms with Crippen molar-refractivity contribution in [3.05, 3.63) is 17.5 Å². The monoisotopic (exact) mass is 376 g/mol. The van der Waals surface area contributed by atoms with Crippen LogP contribution in [0, 0.1) is 0 Å². The van der Waals surface area contributed by atoms with Crippen molar-refractivity contribution in [1.82, 2.24) is 30.6 Å². The number of nitrogens with zero attached hydrogens (tertiary/aromatic N) is 3. The second-order valence-corrected chi connectivity index (χ2v) is 7.66. The fourth-order valence-corrected chi connectivity index (χ4v) is 4.29. The van der Waals surface area contributed by atoms with Crippen molar-refractivity contribution in [2.75, 3.05) is 33.2 Å². The van der Waals surface area contributed by atoms with Crippen LogP contribution in [0.2, 0.25) is 0 Å². The number of H-pyrrole nitrogens is 1. The Morgan fingerprint density at radius 1 is 1.30 bits per heavy atom. The summed E-state index contributed by atoms with van der Waals surface area (Å²) in [4.78, 5) is 30.0. The minimum Gasteiger partial charge on any atom is -0.355 e. The molecule has 1 aromatic rings. The Hall–Kier alpha value is -1.93. The molecule has 0 bridgehead atoms. The van der Waals surface area contributed by atoms with Gasteiger partial charge in [-0.15, -0.1) is 0 Å². The van der Waals surface area contributed by atoms with Gasteiger partial charge in [-0.1, -0.05) is 6.92 Å². The van der Waals surface area contributed by atoms with E-state index in [0.29, 0.717) is 24.6 Å². The van der Waals surface area contributed by atoms with Gasteiger partial charge >= 0.3 is 0 Å². The number of aromatic amines is 1. The molecule has 0 aliphatic carbocycles. The first-order chi connectivity index (χ1) is 13.0. The fourth-order valence-electron chi connectivity index (χ4n) is 4.29. The predicted octanol–water partition coefficient (Wildman–Crippen LogP) is 0.375. The molecule has 0 radical (unpaired) electrons. The van der Waals surface area contributed by atoms with Gasteiger partial charge in [0.1, 0.15) is 0 Å². The van der Waals surface area contributed by atoms with Gasteiger partial charge in [0.2, 0.25) is 5.91 Å². The van der Waals surface area contributed by atoms with Gasteiger partial charge in [0.05, 0.1) is 17.8 Å². The van der Waals surface area contributed by atoms with Crippen LogP contribution in [-0.2, 0) is 11.2 Å². The molecular weight excluding hydrogens is 344 g/mol. The van der Waals surface area contributed by atoms with E-state index >= 15 is 0 Å². The summed E-state index contributed by atoms with van der Waals surface area (Å²) in [6.07, 6.45) is 5.10. The third-order valence-corrected chi connectivity index (χ3v) is 5.80. The first-order valence-corrected chi connectivity index (χ1v) is 10.1. The second kappa shape index (κ2) is 8.84. The van der Waals surface area contributed by atoms with Crippen molar-refractivity contribution in [3.63, 3.8) is 0 Å². The number of aromatic nitrogens is 2. The quantitative estimate of drug-likeness (QED) is 0.667. The smallest absolute Gasteiger partial charge is 0.255 e. The first kappa shape index (κ1) is 19.8. The zero-order valence-electron chi connectivity index (χ0n) is 16.6. The lowest BCUT2D eigenvalue weighted by molar-refractivity contribution is -0.126. The predicted molar refractivity (Wildman–Crippen MR) is 104 cm³/mol. The van der Waals surface area contributed by atoms with Crippen molar-refractivity contribution < 1.29 is 9.59 Å². The number of likely N-dealkylation sites (tertiary alicyclic amines) is 2. The molecule has 3 heterocycles. The highest BCUT2D eigenvalue weighted by Gasteiger charge is 2.41. The van der Waals surface area contributed by atoms with Crippen molar-refractivity contribution in [3.8, 4) is 0 Å². The topological polar surface area (TPSA) is 93.4 Å². The highest BCUT2D eigenvalue weighted by atomic mass is 16.2. The number of amides is 2. The Balaban J connectivity index is 1.68. The SMILES string of the molecule is CCNC(=O)[C@@H]1C[C@H](NC(=O)c2cn[nH]c2CC)CN1C1CCN(C)CC1. The number of aryl methyl sites for hydroxylation is 1. The van der Waals surface area contributed by atoms with Crippen LogP contribution in [0.25, 0.3) is 0 Å². The number of nitrogens with one attached hydrogen (secondary N) is 3. The Kier molecular flexibility index (Phi) is 6.49. The Labute approximate surface area is 161 Å². The number of hydrogen-bond donors (Lipinski definition) is 3. The Morgan fingerprint density at radius 3 is 2.70 bits per heavy atom. The van der Waals surface area contributed by atoms with Gasteiger partial charge in [-0.25, -0.2) is 0 Å². The Morgan fingerprint density at radius 2 is 2.04 bits per heavy atom. The number of piperidine rings is 1. The van der Waals surface area contributed by atoms with Gasteiger partial charge in [-0.2, -0.15) is 5.10 Å². The van der Waals surface area contributed by atoms with Gasteiger partial charge in [0, 0.05) is 30.9 Å². The van der Waals surface area contributed by atoms with Crippen LogP contribution in [-0.4, -0.2) is 83.2 Å². The average molecular weight is 377 g/mol. The zero-order valence-corrected chi connectivity index (χ0v) is 16.6. The molecule has 2 aliphatic rings. The summed E-state index contributed by atoms with van der Waals surface area (Å²) in [5, 5.41) is 13.0. The van der Waals surface area contributed by atoms with Crippen molar-refractivity contribution in [1.29, 1.82) is 0 Å². The maximum Gasteiger partial charge on any atom is 0.255 e. The van der Waals surface area contributed by atoms with Crippen molar-refractivity contribution >= 4 is 11.8 Å². The van der Waals surface area contributed by atoms with E-state index in [4.69, 9.17) is 0 Å². The summed E-state index contributed by atoms with van der Waals surface area (Å²) >= 11 is 0. The molecule has 27 heavy (non-hydrogen) atoms. The number of carbonyl (C=O) groups is 2. The molecule has 2 fully saturated rings. The molecule has 0 saturated carbocycles. The molecule has 2 saturated heterocycles. The van der Waals surface area contributed by atoms with Gasteiger partial charge < -0.3 is 15.5 Å². The number of rotatable bonds is 6. The third-order valence-electron chi connectivity index (χ3n) is 5.80. The molecule has 8 nitrogen and oxygen atoms in total. The molecule has 2 atom stereocenters. The number of likely N-dealkylation sites (N-methyl/N-ethyl adjacent to an activating group) is 1. The van der Waals surface area contributed by atoms with Crippen molar-refractivity contribution in [2.45, 2.75) is 57.7 Å². The molecule has 2 amide bonds. The van der Waals surface area contributed by atoms with E-state index < -0.39 is 0 Å². The summed E-state index contributed by atoms with van der Waals surface area (Å²) in [7, 11) is 2.14. The second-order valence-electron chi connectivity index (χ2n) is 7.66. The maximum absolute atomic E-state index is 12.7. The summed E-state index contributed by atoms with van der Waals surface area (Å²) in [6.45, 7) is 7.39. The largest absolute Gasteiger partial charge is 0.355 e. The van der Waals surface area contributed by atoms with Gasteiger partial charge in [-0.05, 0) is 52.7 Å². The van der Waals surface area contributed by atoms with E-state index in [0.717, 1.165) is 44.6 Å². The lowest BCUT2D eigenvalue weighted by atomic mass is 10.0. The summed E-state index contributed by atoms with van der Waals surface area (Å²) in [5.41, 5.74) is 1.45. The molecule has 150 valence electrons. The number of carbonyl (C=O) groups excluding carboxylic acids is 2. The molecule has 8 heteroatoms. The van der Waals surface area contributed by atoms with Crippen LogP contribution >= 0.6 is 0 Å². The number of hydrogen-bond acceptors (Lipinski definition) is 5. The molecule has 2 aliphatic heterocycles. The molecule has 0 spiro atoms. The van der Waals surface area contributed by atoms with Crippen molar-refractivity contribution in [2.24, 2.45) is 0 Å². The molecule has 1 aromatic heterocycles. The van der Waals surface area contributed by atoms with E-state index in [2.05, 4.69) is 37.7 Å². The zero-order chi connectivity index (χ0) is 19.4. The van der Waals surface area contributed by atoms with E-state index in [1.807, 2.05) is 13.8 Å². The van der Waals surface area contributed by atoms with Crippen LogP contribution in [0.15, 0.2) is 6.20 Å². The Bertz CT molecular complexity index is 652. The maximum atomic E-state index is 12.7. The van der Waals surface area contributed by atoms with E-state index in [9.17, 15) is 9.59 Å². The van der Waals surface area contributed by atoms with E-state index in [1.54, 1.807) is 6.20 Å². The third kappa shape index (κ3) is 4.50. The minimum atomic E-state index is -0.168. The van der Waals surface area contributed by atoms with Crippen LogP contribution in [0.4, 0.5) is 0 Å². The molecule has 0 unspecified atom stereocenters. The molecule has 3 rings (SSSR count). The lowest BCUT2D eigenvalue weighted by Crippen LogP contribution is -2.51. The van der Waals surface area contributed by atoms with Gasteiger partial charge in [-0.3, -0.25) is 19.6 Å². The standard InChI is InChI=1S/C19H32N6O2/c1-4-16-15(11-21-23-16)18(26)22-13-10-17(19(27)20-5-2)25(12-13)14-6-8-24(3)9-7-14/h11,13-14,17H,4-10,12H2,1-3H3,(H,20,27)(H,21,23)(H,22,26)/t13-,17-/m0/s1. The van der Waals surface area contributed by atoms with Crippen LogP contribution in [0.5, 0.6) is 0 Å². The fraction of sp³-hybridized carbons (Fsp3) is 0.737.